The van der Waals surface area contributed by atoms with Crippen LogP contribution < -0.4 is 15.4 Å². The number of anilines is 2. The molecule has 2 aromatic rings. The van der Waals surface area contributed by atoms with E-state index in [1.165, 1.54) is 0 Å². The first-order valence-electron chi connectivity index (χ1n) is 7.60. The second-order valence-corrected chi connectivity index (χ2v) is 5.56. The number of carbonyl (C=O) groups excluding carboxylic acids is 2. The minimum absolute atomic E-state index is 0.0682. The van der Waals surface area contributed by atoms with Crippen molar-refractivity contribution in [2.75, 3.05) is 10.6 Å². The van der Waals surface area contributed by atoms with Crippen molar-refractivity contribution in [1.29, 1.82) is 0 Å². The molecule has 23 heavy (non-hydrogen) atoms. The van der Waals surface area contributed by atoms with Gasteiger partial charge in [-0.05, 0) is 49.2 Å². The van der Waals surface area contributed by atoms with Gasteiger partial charge in [0.2, 0.25) is 5.91 Å². The molecule has 0 bridgehead atoms. The maximum Gasteiger partial charge on any atom is 0.259 e. The summed E-state index contributed by atoms with van der Waals surface area (Å²) < 4.78 is 5.84. The summed E-state index contributed by atoms with van der Waals surface area (Å²) in [5, 5.41) is 5.64. The van der Waals surface area contributed by atoms with Crippen LogP contribution in [0.4, 0.5) is 11.4 Å². The number of ether oxygens (including phenoxy) is 1. The number of aryl methyl sites for hydroxylation is 1. The van der Waals surface area contributed by atoms with E-state index in [0.717, 1.165) is 12.0 Å². The lowest BCUT2D eigenvalue weighted by Gasteiger charge is -2.09. The molecule has 0 aliphatic carbocycles. The average Bonchev–Trinajstić information content (AvgIpc) is 2.63. The van der Waals surface area contributed by atoms with Crippen molar-refractivity contribution in [2.45, 2.75) is 26.7 Å². The van der Waals surface area contributed by atoms with Gasteiger partial charge in [-0.25, -0.2) is 0 Å². The Morgan fingerprint density at radius 1 is 1.17 bits per heavy atom. The van der Waals surface area contributed by atoms with Gasteiger partial charge in [-0.2, -0.15) is 0 Å². The molecule has 1 aliphatic heterocycles. The molecule has 0 saturated heterocycles. The first kappa shape index (κ1) is 15.1. The zero-order chi connectivity index (χ0) is 16.4. The lowest BCUT2D eigenvalue weighted by atomic mass is 10.1. The molecule has 5 heteroatoms. The summed E-state index contributed by atoms with van der Waals surface area (Å²) in [5.41, 5.74) is 2.66. The van der Waals surface area contributed by atoms with Gasteiger partial charge in [0.25, 0.3) is 5.91 Å². The number of carbonyl (C=O) groups is 2. The standard InChI is InChI=1S/C18H18N2O3/c1-3-4-17(21)19-12-6-8-15-13(10-12)18(22)20-14-9-11(2)5-7-16(14)23-15/h5-10H,3-4H2,1-2H3,(H,19,21)(H,20,22). The predicted molar refractivity (Wildman–Crippen MR) is 89.2 cm³/mol. The number of hydrogen-bond acceptors (Lipinski definition) is 3. The largest absolute Gasteiger partial charge is 0.454 e. The first-order chi connectivity index (χ1) is 11.1. The number of benzene rings is 2. The third-order valence-corrected chi connectivity index (χ3v) is 3.59. The fourth-order valence-corrected chi connectivity index (χ4v) is 2.46. The van der Waals surface area contributed by atoms with Crippen LogP contribution in [-0.4, -0.2) is 11.8 Å². The van der Waals surface area contributed by atoms with E-state index in [4.69, 9.17) is 4.74 Å². The van der Waals surface area contributed by atoms with Crippen LogP contribution in [0.1, 0.15) is 35.7 Å². The molecule has 118 valence electrons. The van der Waals surface area contributed by atoms with Crippen molar-refractivity contribution in [3.05, 3.63) is 47.5 Å². The monoisotopic (exact) mass is 310 g/mol. The Morgan fingerprint density at radius 2 is 1.96 bits per heavy atom. The SMILES string of the molecule is CCCC(=O)Nc1ccc2c(c1)C(=O)Nc1cc(C)ccc1O2. The zero-order valence-corrected chi connectivity index (χ0v) is 13.1. The summed E-state index contributed by atoms with van der Waals surface area (Å²) in [4.78, 5) is 24.1. The smallest absolute Gasteiger partial charge is 0.259 e. The van der Waals surface area contributed by atoms with Gasteiger partial charge in [-0.1, -0.05) is 13.0 Å². The van der Waals surface area contributed by atoms with Crippen molar-refractivity contribution < 1.29 is 14.3 Å². The third-order valence-electron chi connectivity index (χ3n) is 3.59. The van der Waals surface area contributed by atoms with Gasteiger partial charge in [0.15, 0.2) is 5.75 Å². The zero-order valence-electron chi connectivity index (χ0n) is 13.1. The minimum Gasteiger partial charge on any atom is -0.454 e. The molecule has 2 aromatic carbocycles. The van der Waals surface area contributed by atoms with Gasteiger partial charge < -0.3 is 15.4 Å². The van der Waals surface area contributed by atoms with Crippen LogP contribution in [0.3, 0.4) is 0 Å². The second kappa shape index (κ2) is 6.12. The van der Waals surface area contributed by atoms with Crippen molar-refractivity contribution in [2.24, 2.45) is 0 Å². The molecule has 0 aromatic heterocycles. The average molecular weight is 310 g/mol. The van der Waals surface area contributed by atoms with E-state index in [2.05, 4.69) is 10.6 Å². The lowest BCUT2D eigenvalue weighted by Crippen LogP contribution is -2.13. The maximum atomic E-state index is 12.4. The van der Waals surface area contributed by atoms with E-state index in [1.54, 1.807) is 18.2 Å². The summed E-state index contributed by atoms with van der Waals surface area (Å²) in [6.45, 7) is 3.89. The molecule has 0 radical (unpaired) electrons. The molecule has 5 nitrogen and oxygen atoms in total. The van der Waals surface area contributed by atoms with Gasteiger partial charge in [0.1, 0.15) is 5.75 Å². The fourth-order valence-electron chi connectivity index (χ4n) is 2.46. The normalized spacial score (nSPS) is 12.3. The Kier molecular flexibility index (Phi) is 4.02. The van der Waals surface area contributed by atoms with Gasteiger partial charge >= 0.3 is 0 Å². The molecule has 3 rings (SSSR count). The van der Waals surface area contributed by atoms with Crippen LogP contribution in [0, 0.1) is 6.92 Å². The minimum atomic E-state index is -0.254. The fraction of sp³-hybridized carbons (Fsp3) is 0.222. The van der Waals surface area contributed by atoms with E-state index in [1.807, 2.05) is 32.0 Å². The molecule has 2 amide bonds. The maximum absolute atomic E-state index is 12.4. The van der Waals surface area contributed by atoms with E-state index in [-0.39, 0.29) is 11.8 Å². The van der Waals surface area contributed by atoms with Gasteiger partial charge in [-0.3, -0.25) is 9.59 Å². The number of nitrogens with one attached hydrogen (secondary N) is 2. The molecule has 0 spiro atoms. The highest BCUT2D eigenvalue weighted by atomic mass is 16.5. The molecular weight excluding hydrogens is 292 g/mol. The van der Waals surface area contributed by atoms with Crippen molar-refractivity contribution in [1.82, 2.24) is 0 Å². The number of rotatable bonds is 3. The predicted octanol–water partition coefficient (Wildman–Crippen LogP) is 4.09. The van der Waals surface area contributed by atoms with E-state index >= 15 is 0 Å². The van der Waals surface area contributed by atoms with Gasteiger partial charge in [-0.15, -0.1) is 0 Å². The molecule has 2 N–H and O–H groups in total. The quantitative estimate of drug-likeness (QED) is 0.897. The molecule has 0 atom stereocenters. The summed E-state index contributed by atoms with van der Waals surface area (Å²) >= 11 is 0. The summed E-state index contributed by atoms with van der Waals surface area (Å²) in [6, 6.07) is 10.7. The highest BCUT2D eigenvalue weighted by molar-refractivity contribution is 6.09. The Labute approximate surface area is 134 Å². The Balaban J connectivity index is 1.92. The Hall–Kier alpha value is -2.82. The van der Waals surface area contributed by atoms with Gasteiger partial charge in [0, 0.05) is 12.1 Å². The summed E-state index contributed by atoms with van der Waals surface area (Å²) in [7, 11) is 0. The Morgan fingerprint density at radius 3 is 2.74 bits per heavy atom. The van der Waals surface area contributed by atoms with Crippen molar-refractivity contribution in [3.63, 3.8) is 0 Å². The van der Waals surface area contributed by atoms with Crippen LogP contribution in [-0.2, 0) is 4.79 Å². The molecule has 0 saturated carbocycles. The summed E-state index contributed by atoms with van der Waals surface area (Å²) in [5.74, 6) is 0.751. The highest BCUT2D eigenvalue weighted by Crippen LogP contribution is 2.37. The number of amides is 2. The molecular formula is C18H18N2O3. The van der Waals surface area contributed by atoms with Crippen molar-refractivity contribution >= 4 is 23.2 Å². The van der Waals surface area contributed by atoms with Crippen LogP contribution in [0.2, 0.25) is 0 Å². The van der Waals surface area contributed by atoms with Crippen molar-refractivity contribution in [3.8, 4) is 11.5 Å². The molecule has 1 aliphatic rings. The third kappa shape index (κ3) is 3.18. The van der Waals surface area contributed by atoms with Crippen LogP contribution in [0.5, 0.6) is 11.5 Å². The number of fused-ring (bicyclic) bond motifs is 2. The summed E-state index contributed by atoms with van der Waals surface area (Å²) in [6.07, 6.45) is 1.22. The molecule has 1 heterocycles. The lowest BCUT2D eigenvalue weighted by molar-refractivity contribution is -0.116. The first-order valence-corrected chi connectivity index (χ1v) is 7.60. The van der Waals surface area contributed by atoms with E-state index in [0.29, 0.717) is 34.9 Å². The highest BCUT2D eigenvalue weighted by Gasteiger charge is 2.21. The Bertz CT molecular complexity index is 784. The molecule has 0 unspecified atom stereocenters. The van der Waals surface area contributed by atoms with Crippen LogP contribution in [0.25, 0.3) is 0 Å². The second-order valence-electron chi connectivity index (χ2n) is 5.56. The number of hydrogen-bond donors (Lipinski definition) is 2. The van der Waals surface area contributed by atoms with Crippen LogP contribution >= 0.6 is 0 Å². The topological polar surface area (TPSA) is 67.4 Å². The molecule has 0 fully saturated rings. The van der Waals surface area contributed by atoms with E-state index in [9.17, 15) is 9.59 Å². The van der Waals surface area contributed by atoms with Crippen LogP contribution in [0.15, 0.2) is 36.4 Å². The van der Waals surface area contributed by atoms with E-state index < -0.39 is 0 Å². The van der Waals surface area contributed by atoms with Gasteiger partial charge in [0.05, 0.1) is 11.3 Å².